The van der Waals surface area contributed by atoms with E-state index >= 15 is 0 Å². The van der Waals surface area contributed by atoms with Gasteiger partial charge in [0, 0.05) is 24.7 Å². The van der Waals surface area contributed by atoms with Crippen molar-refractivity contribution in [3.05, 3.63) is 65.3 Å². The van der Waals surface area contributed by atoms with Crippen LogP contribution in [0.1, 0.15) is 10.4 Å². The van der Waals surface area contributed by atoms with Gasteiger partial charge in [0.2, 0.25) is 5.62 Å². The number of para-hydroxylation sites is 2. The molecule has 0 aliphatic carbocycles. The molecule has 124 valence electrons. The lowest BCUT2D eigenvalue weighted by atomic mass is 10.1. The molecule has 0 radical (unpaired) electrons. The maximum Gasteiger partial charge on any atom is 0.203 e. The molecule has 1 heterocycles. The number of nitrogens with one attached hydrogen (secondary N) is 1. The van der Waals surface area contributed by atoms with E-state index in [0.29, 0.717) is 24.7 Å². The number of imidazole rings is 1. The number of carbonyl (C=O) groups excluding carboxylic acids is 1. The summed E-state index contributed by atoms with van der Waals surface area (Å²) >= 11 is 0. The molecule has 0 spiro atoms. The Morgan fingerprint density at radius 1 is 1.04 bits per heavy atom. The molecule has 0 bridgehead atoms. The molecule has 24 heavy (non-hydrogen) atoms. The Labute approximate surface area is 136 Å². The van der Waals surface area contributed by atoms with Crippen molar-refractivity contribution in [3.8, 4) is 0 Å². The Hall–Kier alpha value is -2.80. The van der Waals surface area contributed by atoms with Crippen molar-refractivity contribution in [1.82, 2.24) is 9.13 Å². The molecule has 0 saturated carbocycles. The summed E-state index contributed by atoms with van der Waals surface area (Å²) in [5.41, 5.74) is 7.13. The van der Waals surface area contributed by atoms with Gasteiger partial charge in [-0.25, -0.2) is 8.78 Å². The molecule has 3 rings (SSSR count). The number of nitrogens with two attached hydrogens (primary N) is 1. The first kappa shape index (κ1) is 16.1. The molecule has 3 N–H and O–H groups in total. The Kier molecular flexibility index (Phi) is 4.26. The van der Waals surface area contributed by atoms with Crippen LogP contribution in [0.2, 0.25) is 0 Å². The summed E-state index contributed by atoms with van der Waals surface area (Å²) in [5.74, 6) is -2.08. The fourth-order valence-electron chi connectivity index (χ4n) is 2.76. The third-order valence-electron chi connectivity index (χ3n) is 3.81. The van der Waals surface area contributed by atoms with E-state index in [1.807, 2.05) is 12.1 Å². The van der Waals surface area contributed by atoms with Gasteiger partial charge in [0.25, 0.3) is 0 Å². The second-order valence-electron chi connectivity index (χ2n) is 5.42. The number of rotatable bonds is 5. The highest BCUT2D eigenvalue weighted by Crippen LogP contribution is 2.14. The van der Waals surface area contributed by atoms with E-state index in [1.165, 1.54) is 4.57 Å². The van der Waals surface area contributed by atoms with Crippen LogP contribution in [0.15, 0.2) is 42.5 Å². The molecule has 0 saturated heterocycles. The molecule has 0 aliphatic heterocycles. The Morgan fingerprint density at radius 3 is 2.21 bits per heavy atom. The Bertz CT molecular complexity index is 954. The number of carbonyl (C=O) groups is 1. The third-order valence-corrected chi connectivity index (χ3v) is 3.81. The largest absolute Gasteiger partial charge is 0.329 e. The highest BCUT2D eigenvalue weighted by atomic mass is 19.1. The zero-order chi connectivity index (χ0) is 17.3. The molecule has 0 amide bonds. The van der Waals surface area contributed by atoms with Crippen LogP contribution in [0.25, 0.3) is 11.0 Å². The smallest absolute Gasteiger partial charge is 0.203 e. The minimum absolute atomic E-state index is 0.0601. The van der Waals surface area contributed by atoms with Gasteiger partial charge < -0.3 is 14.9 Å². The average molecular weight is 330 g/mol. The van der Waals surface area contributed by atoms with Gasteiger partial charge >= 0.3 is 0 Å². The van der Waals surface area contributed by atoms with Gasteiger partial charge in [-0.05, 0) is 24.3 Å². The summed E-state index contributed by atoms with van der Waals surface area (Å²) in [6, 6.07) is 9.97. The topological polar surface area (TPSA) is 76.8 Å². The minimum atomic E-state index is -0.806. The van der Waals surface area contributed by atoms with E-state index in [1.54, 1.807) is 16.7 Å². The van der Waals surface area contributed by atoms with Crippen LogP contribution in [0.3, 0.4) is 0 Å². The highest BCUT2D eigenvalue weighted by Gasteiger charge is 2.15. The van der Waals surface area contributed by atoms with Crippen LogP contribution in [-0.4, -0.2) is 21.5 Å². The number of fused-ring (bicyclic) bond motifs is 1. The lowest BCUT2D eigenvalue weighted by Gasteiger charge is -2.05. The Balaban J connectivity index is 2.05. The molecular weight excluding hydrogens is 314 g/mol. The molecule has 0 aliphatic rings. The number of Topliss-reactive ketones (excluding diaryl/α,β-unsaturated/α-hetero) is 1. The predicted octanol–water partition coefficient (Wildman–Crippen LogP) is 2.04. The average Bonchev–Trinajstić information content (AvgIpc) is 2.80. The van der Waals surface area contributed by atoms with Crippen molar-refractivity contribution >= 4 is 16.8 Å². The van der Waals surface area contributed by atoms with Gasteiger partial charge in [-0.15, -0.1) is 0 Å². The number of ketones is 1. The molecule has 3 aromatic rings. The lowest BCUT2D eigenvalue weighted by molar-refractivity contribution is 0.0970. The SMILES string of the molecule is N=c1n(CCN)c2ccccc2n1CC(=O)c1cc(F)cc(F)c1. The summed E-state index contributed by atoms with van der Waals surface area (Å²) in [7, 11) is 0. The number of nitrogens with zero attached hydrogens (tertiary/aromatic N) is 2. The summed E-state index contributed by atoms with van der Waals surface area (Å²) in [6.07, 6.45) is 0. The van der Waals surface area contributed by atoms with Gasteiger partial charge in [0.15, 0.2) is 5.78 Å². The number of benzene rings is 2. The van der Waals surface area contributed by atoms with E-state index < -0.39 is 17.4 Å². The van der Waals surface area contributed by atoms with E-state index in [9.17, 15) is 13.6 Å². The summed E-state index contributed by atoms with van der Waals surface area (Å²) in [4.78, 5) is 12.4. The second kappa shape index (κ2) is 6.37. The molecule has 5 nitrogen and oxygen atoms in total. The van der Waals surface area contributed by atoms with Gasteiger partial charge in [-0.3, -0.25) is 10.2 Å². The quantitative estimate of drug-likeness (QED) is 0.702. The van der Waals surface area contributed by atoms with Crippen LogP contribution < -0.4 is 11.4 Å². The third kappa shape index (κ3) is 2.85. The minimum Gasteiger partial charge on any atom is -0.329 e. The standard InChI is InChI=1S/C17H16F2N4O/c18-12-7-11(8-13(19)9-12)16(24)10-23-15-4-2-1-3-14(15)22(6-5-20)17(23)21/h1-4,7-9,21H,5-6,10,20H2. The first-order chi connectivity index (χ1) is 11.5. The molecular formula is C17H16F2N4O. The maximum atomic E-state index is 13.3. The second-order valence-corrected chi connectivity index (χ2v) is 5.42. The first-order valence-corrected chi connectivity index (χ1v) is 7.43. The number of aromatic nitrogens is 2. The predicted molar refractivity (Wildman–Crippen MR) is 85.5 cm³/mol. The van der Waals surface area contributed by atoms with Crippen molar-refractivity contribution < 1.29 is 13.6 Å². The summed E-state index contributed by atoms with van der Waals surface area (Å²) in [5, 5.41) is 8.29. The van der Waals surface area contributed by atoms with Crippen molar-refractivity contribution in [2.24, 2.45) is 5.73 Å². The summed E-state index contributed by atoms with van der Waals surface area (Å²) in [6.45, 7) is 0.614. The molecule has 2 aromatic carbocycles. The van der Waals surface area contributed by atoms with E-state index in [2.05, 4.69) is 0 Å². The molecule has 0 fully saturated rings. The molecule has 0 unspecified atom stereocenters. The zero-order valence-corrected chi connectivity index (χ0v) is 12.8. The number of halogens is 2. The number of hydrogen-bond acceptors (Lipinski definition) is 3. The van der Waals surface area contributed by atoms with Crippen LogP contribution >= 0.6 is 0 Å². The maximum absolute atomic E-state index is 13.3. The van der Waals surface area contributed by atoms with Crippen LogP contribution in [0.5, 0.6) is 0 Å². The first-order valence-electron chi connectivity index (χ1n) is 7.43. The van der Waals surface area contributed by atoms with Gasteiger partial charge in [0.1, 0.15) is 11.6 Å². The van der Waals surface area contributed by atoms with Crippen molar-refractivity contribution in [1.29, 1.82) is 5.41 Å². The van der Waals surface area contributed by atoms with Crippen molar-refractivity contribution in [2.45, 2.75) is 13.1 Å². The monoisotopic (exact) mass is 330 g/mol. The van der Waals surface area contributed by atoms with Crippen molar-refractivity contribution in [2.75, 3.05) is 6.54 Å². The van der Waals surface area contributed by atoms with E-state index in [4.69, 9.17) is 11.1 Å². The van der Waals surface area contributed by atoms with Crippen molar-refractivity contribution in [3.63, 3.8) is 0 Å². The molecule has 7 heteroatoms. The normalized spacial score (nSPS) is 11.1. The van der Waals surface area contributed by atoms with Crippen LogP contribution in [-0.2, 0) is 13.1 Å². The van der Waals surface area contributed by atoms with Gasteiger partial charge in [0.05, 0.1) is 17.6 Å². The van der Waals surface area contributed by atoms with Gasteiger partial charge in [-0.2, -0.15) is 0 Å². The zero-order valence-electron chi connectivity index (χ0n) is 12.8. The Morgan fingerprint density at radius 2 is 1.62 bits per heavy atom. The van der Waals surface area contributed by atoms with Crippen LogP contribution in [0, 0.1) is 17.0 Å². The summed E-state index contributed by atoms with van der Waals surface area (Å²) < 4.78 is 29.8. The lowest BCUT2D eigenvalue weighted by Crippen LogP contribution is -2.29. The molecule has 1 aromatic heterocycles. The van der Waals surface area contributed by atoms with E-state index in [-0.39, 0.29) is 17.7 Å². The number of hydrogen-bond donors (Lipinski definition) is 2. The van der Waals surface area contributed by atoms with E-state index in [0.717, 1.165) is 17.6 Å². The fourth-order valence-corrected chi connectivity index (χ4v) is 2.76. The fraction of sp³-hybridized carbons (Fsp3) is 0.176. The van der Waals surface area contributed by atoms with Crippen LogP contribution in [0.4, 0.5) is 8.78 Å². The highest BCUT2D eigenvalue weighted by molar-refractivity contribution is 5.96. The van der Waals surface area contributed by atoms with Gasteiger partial charge in [-0.1, -0.05) is 12.1 Å². The molecule has 0 atom stereocenters.